The summed E-state index contributed by atoms with van der Waals surface area (Å²) >= 11 is 5.12. The highest BCUT2D eigenvalue weighted by atomic mass is 35.5. The summed E-state index contributed by atoms with van der Waals surface area (Å²) in [5.74, 6) is 0. The van der Waals surface area contributed by atoms with Gasteiger partial charge in [0, 0.05) is 6.42 Å². The molecule has 0 amide bonds. The van der Waals surface area contributed by atoms with E-state index in [1.165, 1.54) is 0 Å². The lowest BCUT2D eigenvalue weighted by Crippen LogP contribution is -2.11. The van der Waals surface area contributed by atoms with E-state index in [2.05, 4.69) is 0 Å². The van der Waals surface area contributed by atoms with Gasteiger partial charge < -0.3 is 5.73 Å². The van der Waals surface area contributed by atoms with E-state index >= 15 is 0 Å². The van der Waals surface area contributed by atoms with Crippen LogP contribution in [0.2, 0.25) is 0 Å². The number of alkyl halides is 2. The summed E-state index contributed by atoms with van der Waals surface area (Å²) in [5.41, 5.74) is 4.42. The monoisotopic (exact) mass is 111 g/mol. The largest absolute Gasteiger partial charge is 0.315 e. The Labute approximate surface area is 41.3 Å². The zero-order chi connectivity index (χ0) is 4.99. The van der Waals surface area contributed by atoms with Gasteiger partial charge in [-0.15, -0.1) is 11.6 Å². The molecule has 0 spiro atoms. The van der Waals surface area contributed by atoms with Gasteiger partial charge in [0.1, 0.15) is 0 Å². The first kappa shape index (κ1) is 6.18. The molecule has 0 fully saturated rings. The van der Waals surface area contributed by atoms with E-state index in [1.54, 1.807) is 0 Å². The Hall–Kier alpha value is 0.180. The second-order valence-corrected chi connectivity index (χ2v) is 1.55. The first-order valence-electron chi connectivity index (χ1n) is 1.73. The minimum absolute atomic E-state index is 0.252. The maximum Gasteiger partial charge on any atom is 0.0921 e. The molecule has 38 valence electrons. The van der Waals surface area contributed by atoms with E-state index in [-0.39, 0.29) is 6.42 Å². The molecular formula is C3H7ClFN. The van der Waals surface area contributed by atoms with Crippen LogP contribution in [0.1, 0.15) is 6.42 Å². The molecule has 2 N–H and O–H groups in total. The van der Waals surface area contributed by atoms with Gasteiger partial charge in [0.2, 0.25) is 0 Å². The van der Waals surface area contributed by atoms with Crippen LogP contribution >= 0.6 is 11.6 Å². The van der Waals surface area contributed by atoms with Crippen LogP contribution in [0.4, 0.5) is 4.39 Å². The van der Waals surface area contributed by atoms with Gasteiger partial charge in [0.25, 0.3) is 0 Å². The van der Waals surface area contributed by atoms with E-state index in [0.29, 0.717) is 0 Å². The Morgan fingerprint density at radius 2 is 2.33 bits per heavy atom. The maximum atomic E-state index is 11.1. The molecule has 0 aromatic rings. The lowest BCUT2D eigenvalue weighted by molar-refractivity contribution is 0.468. The van der Waals surface area contributed by atoms with Crippen LogP contribution in [0.15, 0.2) is 0 Å². The Morgan fingerprint density at radius 1 is 1.83 bits per heavy atom. The number of hydrogen-bond acceptors (Lipinski definition) is 1. The van der Waals surface area contributed by atoms with Gasteiger partial charge in [-0.25, -0.2) is 0 Å². The highest BCUT2D eigenvalue weighted by molar-refractivity contribution is 6.20. The predicted molar refractivity (Wildman–Crippen MR) is 24.4 cm³/mol. The fourth-order valence-electron chi connectivity index (χ4n) is 0.104. The Balaban J connectivity index is 2.63. The van der Waals surface area contributed by atoms with Crippen molar-refractivity contribution < 1.29 is 4.39 Å². The van der Waals surface area contributed by atoms with Gasteiger partial charge in [-0.2, -0.15) is 0 Å². The van der Waals surface area contributed by atoms with Crippen molar-refractivity contribution in [3.05, 3.63) is 0 Å². The Kier molecular flexibility index (Phi) is 3.47. The molecule has 1 unspecified atom stereocenters. The minimum atomic E-state index is -0.505. The lowest BCUT2D eigenvalue weighted by Gasteiger charge is -1.92. The summed E-state index contributed by atoms with van der Waals surface area (Å²) < 4.78 is 11.1. The van der Waals surface area contributed by atoms with Crippen molar-refractivity contribution in [1.82, 2.24) is 0 Å². The summed E-state index contributed by atoms with van der Waals surface area (Å²) in [5, 5.41) is 0. The number of hydrogen-bond donors (Lipinski definition) is 1. The van der Waals surface area contributed by atoms with Crippen LogP contribution in [0.3, 0.4) is 0 Å². The zero-order valence-electron chi connectivity index (χ0n) is 3.32. The summed E-state index contributed by atoms with van der Waals surface area (Å²) in [6, 6.07) is 0. The van der Waals surface area contributed by atoms with Crippen LogP contribution < -0.4 is 5.73 Å². The summed E-state index contributed by atoms with van der Waals surface area (Å²) in [4.78, 5) is 0. The quantitative estimate of drug-likeness (QED) is 0.415. The third kappa shape index (κ3) is 4.18. The van der Waals surface area contributed by atoms with Crippen molar-refractivity contribution in [3.8, 4) is 0 Å². The SMILES string of the molecule is NC(Cl)CCF. The van der Waals surface area contributed by atoms with Crippen molar-refractivity contribution >= 4 is 11.6 Å². The average molecular weight is 112 g/mol. The van der Waals surface area contributed by atoms with Gasteiger partial charge in [0.05, 0.1) is 12.2 Å². The predicted octanol–water partition coefficient (Wildman–Crippen LogP) is 0.870. The molecule has 0 saturated carbocycles. The molecule has 6 heavy (non-hydrogen) atoms. The molecule has 0 aromatic carbocycles. The summed E-state index contributed by atoms with van der Waals surface area (Å²) in [6.07, 6.45) is 0.252. The Morgan fingerprint density at radius 3 is 2.33 bits per heavy atom. The number of rotatable bonds is 2. The van der Waals surface area contributed by atoms with Crippen LogP contribution in [0.5, 0.6) is 0 Å². The lowest BCUT2D eigenvalue weighted by atomic mass is 10.5. The molecule has 0 bridgehead atoms. The van der Waals surface area contributed by atoms with Crippen molar-refractivity contribution in [1.29, 1.82) is 0 Å². The molecule has 0 aliphatic heterocycles. The second-order valence-electron chi connectivity index (χ2n) is 0.994. The molecule has 1 atom stereocenters. The van der Waals surface area contributed by atoms with E-state index in [1.807, 2.05) is 0 Å². The molecular weight excluding hydrogens is 104 g/mol. The second kappa shape index (κ2) is 3.37. The van der Waals surface area contributed by atoms with Crippen molar-refractivity contribution in [2.24, 2.45) is 5.73 Å². The molecule has 0 heterocycles. The van der Waals surface area contributed by atoms with Crippen molar-refractivity contribution in [3.63, 3.8) is 0 Å². The summed E-state index contributed by atoms with van der Waals surface area (Å²) in [6.45, 7) is -0.426. The highest BCUT2D eigenvalue weighted by Crippen LogP contribution is 1.91. The van der Waals surface area contributed by atoms with Crippen molar-refractivity contribution in [2.45, 2.75) is 11.9 Å². The van der Waals surface area contributed by atoms with E-state index in [9.17, 15) is 4.39 Å². The van der Waals surface area contributed by atoms with Crippen LogP contribution in [-0.2, 0) is 0 Å². The smallest absolute Gasteiger partial charge is 0.0921 e. The zero-order valence-corrected chi connectivity index (χ0v) is 4.08. The van der Waals surface area contributed by atoms with E-state index < -0.39 is 12.2 Å². The fraction of sp³-hybridized carbons (Fsp3) is 1.00. The molecule has 0 radical (unpaired) electrons. The Bertz CT molecular complexity index is 32.0. The standard InChI is InChI=1S/C3H7ClFN/c4-3(6)1-2-5/h3H,1-2,6H2. The minimum Gasteiger partial charge on any atom is -0.315 e. The molecule has 0 aliphatic carbocycles. The van der Waals surface area contributed by atoms with Crippen molar-refractivity contribution in [2.75, 3.05) is 6.67 Å². The highest BCUT2D eigenvalue weighted by Gasteiger charge is 1.90. The molecule has 0 saturated heterocycles. The molecule has 0 aliphatic rings. The first-order chi connectivity index (χ1) is 2.77. The molecule has 3 heteroatoms. The van der Waals surface area contributed by atoms with E-state index in [0.717, 1.165) is 0 Å². The topological polar surface area (TPSA) is 26.0 Å². The van der Waals surface area contributed by atoms with Gasteiger partial charge in [-0.3, -0.25) is 4.39 Å². The summed E-state index contributed by atoms with van der Waals surface area (Å²) in [7, 11) is 0. The van der Waals surface area contributed by atoms with Gasteiger partial charge in [-0.05, 0) is 0 Å². The van der Waals surface area contributed by atoms with E-state index in [4.69, 9.17) is 17.3 Å². The number of nitrogens with two attached hydrogens (primary N) is 1. The fourth-order valence-corrected chi connectivity index (χ4v) is 0.187. The molecule has 0 rings (SSSR count). The first-order valence-corrected chi connectivity index (χ1v) is 2.16. The number of halogens is 2. The van der Waals surface area contributed by atoms with Gasteiger partial charge >= 0.3 is 0 Å². The van der Waals surface area contributed by atoms with Gasteiger partial charge in [0.15, 0.2) is 0 Å². The van der Waals surface area contributed by atoms with Crippen LogP contribution in [-0.4, -0.2) is 12.2 Å². The normalized spacial score (nSPS) is 14.5. The molecule has 1 nitrogen and oxygen atoms in total. The van der Waals surface area contributed by atoms with Crippen LogP contribution in [0.25, 0.3) is 0 Å². The molecule has 0 aromatic heterocycles. The van der Waals surface area contributed by atoms with Crippen LogP contribution in [0, 0.1) is 0 Å². The third-order valence-electron chi connectivity index (χ3n) is 0.385. The third-order valence-corrected chi connectivity index (χ3v) is 0.603. The maximum absolute atomic E-state index is 11.1. The average Bonchev–Trinajstić information content (AvgIpc) is 1.35. The van der Waals surface area contributed by atoms with Gasteiger partial charge in [-0.1, -0.05) is 0 Å².